The zero-order valence-electron chi connectivity index (χ0n) is 18.5. The van der Waals surface area contributed by atoms with E-state index in [-0.39, 0.29) is 31.0 Å². The first kappa shape index (κ1) is 23.1. The van der Waals surface area contributed by atoms with Gasteiger partial charge in [-0.3, -0.25) is 9.59 Å². The average Bonchev–Trinajstić information content (AvgIpc) is 3.25. The van der Waals surface area contributed by atoms with Gasteiger partial charge in [0.1, 0.15) is 11.8 Å². The summed E-state index contributed by atoms with van der Waals surface area (Å²) in [6, 6.07) is 12.7. The summed E-state index contributed by atoms with van der Waals surface area (Å²) in [5.74, 6) is 0.308. The van der Waals surface area contributed by atoms with Gasteiger partial charge in [-0.05, 0) is 68.5 Å². The SMILES string of the molecule is Cc1cccc(OCC(=O)N(Cc2cccc(Cl)c2)[C@@H](C)C(=O)NC2CCCC2)c1C. The number of benzene rings is 2. The van der Waals surface area contributed by atoms with Gasteiger partial charge in [0.25, 0.3) is 5.91 Å². The molecule has 0 aromatic heterocycles. The number of ether oxygens (including phenoxy) is 1. The predicted molar refractivity (Wildman–Crippen MR) is 123 cm³/mol. The fourth-order valence-electron chi connectivity index (χ4n) is 3.91. The Hall–Kier alpha value is -2.53. The first-order valence-electron chi connectivity index (χ1n) is 10.9. The van der Waals surface area contributed by atoms with Gasteiger partial charge < -0.3 is 15.0 Å². The molecule has 0 saturated heterocycles. The Morgan fingerprint density at radius 1 is 1.16 bits per heavy atom. The largest absolute Gasteiger partial charge is 0.483 e. The van der Waals surface area contributed by atoms with Gasteiger partial charge in [-0.2, -0.15) is 0 Å². The predicted octanol–water partition coefficient (Wildman–Crippen LogP) is 4.81. The van der Waals surface area contributed by atoms with Crippen LogP contribution in [0.15, 0.2) is 42.5 Å². The lowest BCUT2D eigenvalue weighted by molar-refractivity contribution is -0.142. The Bertz CT molecular complexity index is 925. The van der Waals surface area contributed by atoms with E-state index in [9.17, 15) is 9.59 Å². The Labute approximate surface area is 189 Å². The molecule has 0 bridgehead atoms. The molecular weight excluding hydrogens is 412 g/mol. The van der Waals surface area contributed by atoms with Gasteiger partial charge in [0, 0.05) is 17.6 Å². The zero-order valence-corrected chi connectivity index (χ0v) is 19.2. The van der Waals surface area contributed by atoms with Crippen LogP contribution in [0.3, 0.4) is 0 Å². The molecule has 2 amide bonds. The van der Waals surface area contributed by atoms with E-state index < -0.39 is 6.04 Å². The molecule has 5 nitrogen and oxygen atoms in total. The Morgan fingerprint density at radius 3 is 2.58 bits per heavy atom. The number of amides is 2. The highest BCUT2D eigenvalue weighted by Crippen LogP contribution is 2.22. The summed E-state index contributed by atoms with van der Waals surface area (Å²) >= 11 is 6.13. The smallest absolute Gasteiger partial charge is 0.261 e. The van der Waals surface area contributed by atoms with E-state index >= 15 is 0 Å². The van der Waals surface area contributed by atoms with Gasteiger partial charge >= 0.3 is 0 Å². The zero-order chi connectivity index (χ0) is 22.4. The molecule has 6 heteroatoms. The third kappa shape index (κ3) is 6.23. The standard InChI is InChI=1S/C25H31ClN2O3/c1-17-8-6-13-23(18(17)2)31-16-24(29)28(15-20-9-7-10-21(26)14-20)19(3)25(30)27-22-11-4-5-12-22/h6-10,13-14,19,22H,4-5,11-12,15-16H2,1-3H3,(H,27,30)/t19-/m0/s1. The number of nitrogens with one attached hydrogen (secondary N) is 1. The summed E-state index contributed by atoms with van der Waals surface area (Å²) in [6.07, 6.45) is 4.26. The minimum Gasteiger partial charge on any atom is -0.483 e. The highest BCUT2D eigenvalue weighted by atomic mass is 35.5. The fourth-order valence-corrected chi connectivity index (χ4v) is 4.12. The second kappa shape index (κ2) is 10.7. The molecule has 1 saturated carbocycles. The summed E-state index contributed by atoms with van der Waals surface area (Å²) in [7, 11) is 0. The Morgan fingerprint density at radius 2 is 1.87 bits per heavy atom. The summed E-state index contributed by atoms with van der Waals surface area (Å²) in [5.41, 5.74) is 2.97. The second-order valence-corrected chi connectivity index (χ2v) is 8.74. The molecule has 1 N–H and O–H groups in total. The van der Waals surface area contributed by atoms with Crippen LogP contribution in [-0.4, -0.2) is 35.4 Å². The first-order chi connectivity index (χ1) is 14.8. The molecule has 166 valence electrons. The monoisotopic (exact) mass is 442 g/mol. The Balaban J connectivity index is 1.74. The molecule has 1 fully saturated rings. The maximum Gasteiger partial charge on any atom is 0.261 e. The van der Waals surface area contributed by atoms with Crippen molar-refractivity contribution >= 4 is 23.4 Å². The molecule has 1 atom stereocenters. The van der Waals surface area contributed by atoms with Crippen LogP contribution in [0.2, 0.25) is 5.02 Å². The fraction of sp³-hybridized carbons (Fsp3) is 0.440. The third-order valence-electron chi connectivity index (χ3n) is 6.02. The van der Waals surface area contributed by atoms with Crippen molar-refractivity contribution in [1.82, 2.24) is 10.2 Å². The van der Waals surface area contributed by atoms with Crippen molar-refractivity contribution in [2.45, 2.75) is 65.1 Å². The minimum atomic E-state index is -0.616. The van der Waals surface area contributed by atoms with Crippen molar-refractivity contribution < 1.29 is 14.3 Å². The summed E-state index contributed by atoms with van der Waals surface area (Å²) < 4.78 is 5.84. The molecule has 1 aliphatic rings. The number of carbonyl (C=O) groups excluding carboxylic acids is 2. The quantitative estimate of drug-likeness (QED) is 0.638. The maximum atomic E-state index is 13.2. The number of aryl methyl sites for hydroxylation is 1. The van der Waals surface area contributed by atoms with Crippen LogP contribution in [0.4, 0.5) is 0 Å². The second-order valence-electron chi connectivity index (χ2n) is 8.30. The van der Waals surface area contributed by atoms with Crippen molar-refractivity contribution in [1.29, 1.82) is 0 Å². The molecule has 31 heavy (non-hydrogen) atoms. The maximum absolute atomic E-state index is 13.2. The lowest BCUT2D eigenvalue weighted by Gasteiger charge is -2.30. The normalized spacial score (nSPS) is 14.8. The summed E-state index contributed by atoms with van der Waals surface area (Å²) in [4.78, 5) is 27.6. The summed E-state index contributed by atoms with van der Waals surface area (Å²) in [5, 5.41) is 3.70. The number of halogens is 1. The molecular formula is C25H31ClN2O3. The summed E-state index contributed by atoms with van der Waals surface area (Å²) in [6.45, 7) is 5.90. The van der Waals surface area contributed by atoms with Gasteiger partial charge in [-0.25, -0.2) is 0 Å². The molecule has 0 spiro atoms. The lowest BCUT2D eigenvalue weighted by Crippen LogP contribution is -2.50. The highest BCUT2D eigenvalue weighted by molar-refractivity contribution is 6.30. The first-order valence-corrected chi connectivity index (χ1v) is 11.3. The lowest BCUT2D eigenvalue weighted by atomic mass is 10.1. The number of nitrogens with zero attached hydrogens (tertiary/aromatic N) is 1. The van der Waals surface area contributed by atoms with E-state index in [4.69, 9.17) is 16.3 Å². The molecule has 0 heterocycles. The molecule has 0 unspecified atom stereocenters. The van der Waals surface area contributed by atoms with E-state index in [1.165, 1.54) is 0 Å². The molecule has 0 aliphatic heterocycles. The molecule has 0 radical (unpaired) electrons. The highest BCUT2D eigenvalue weighted by Gasteiger charge is 2.28. The topological polar surface area (TPSA) is 58.6 Å². The van der Waals surface area contributed by atoms with Gasteiger partial charge in [-0.15, -0.1) is 0 Å². The van der Waals surface area contributed by atoms with Crippen LogP contribution in [-0.2, 0) is 16.1 Å². The van der Waals surface area contributed by atoms with E-state index in [2.05, 4.69) is 5.32 Å². The van der Waals surface area contributed by atoms with Gasteiger partial charge in [0.2, 0.25) is 5.91 Å². The van der Waals surface area contributed by atoms with E-state index in [1.807, 2.05) is 50.2 Å². The molecule has 2 aromatic carbocycles. The average molecular weight is 443 g/mol. The van der Waals surface area contributed by atoms with Crippen molar-refractivity contribution in [2.24, 2.45) is 0 Å². The molecule has 3 rings (SSSR count). The minimum absolute atomic E-state index is 0.131. The van der Waals surface area contributed by atoms with E-state index in [1.54, 1.807) is 17.9 Å². The number of carbonyl (C=O) groups is 2. The Kier molecular flexibility index (Phi) is 7.97. The van der Waals surface area contributed by atoms with Crippen LogP contribution in [0, 0.1) is 13.8 Å². The van der Waals surface area contributed by atoms with Crippen molar-refractivity contribution in [3.05, 3.63) is 64.2 Å². The number of hydrogen-bond donors (Lipinski definition) is 1. The third-order valence-corrected chi connectivity index (χ3v) is 6.25. The molecule has 2 aromatic rings. The van der Waals surface area contributed by atoms with Crippen molar-refractivity contribution in [3.8, 4) is 5.75 Å². The number of hydrogen-bond acceptors (Lipinski definition) is 3. The van der Waals surface area contributed by atoms with E-state index in [0.717, 1.165) is 42.4 Å². The van der Waals surface area contributed by atoms with Crippen LogP contribution in [0.25, 0.3) is 0 Å². The molecule has 1 aliphatic carbocycles. The van der Waals surface area contributed by atoms with Crippen molar-refractivity contribution in [2.75, 3.05) is 6.61 Å². The van der Waals surface area contributed by atoms with Crippen LogP contribution < -0.4 is 10.1 Å². The van der Waals surface area contributed by atoms with Gasteiger partial charge in [0.15, 0.2) is 6.61 Å². The number of rotatable bonds is 8. The van der Waals surface area contributed by atoms with Crippen LogP contribution >= 0.6 is 11.6 Å². The van der Waals surface area contributed by atoms with E-state index in [0.29, 0.717) is 10.8 Å². The van der Waals surface area contributed by atoms with Crippen LogP contribution in [0.1, 0.15) is 49.3 Å². The van der Waals surface area contributed by atoms with Gasteiger partial charge in [-0.1, -0.05) is 48.7 Å². The van der Waals surface area contributed by atoms with Gasteiger partial charge in [0.05, 0.1) is 0 Å². The van der Waals surface area contributed by atoms with Crippen LogP contribution in [0.5, 0.6) is 5.75 Å². The van der Waals surface area contributed by atoms with Crippen molar-refractivity contribution in [3.63, 3.8) is 0 Å².